The number of amides is 1. The van der Waals surface area contributed by atoms with Crippen molar-refractivity contribution in [2.45, 2.75) is 26.8 Å². The van der Waals surface area contributed by atoms with Crippen LogP contribution in [-0.2, 0) is 11.3 Å². The Morgan fingerprint density at radius 3 is 2.59 bits per heavy atom. The standard InChI is InChI=1S/C22H28N4O/c1-18(2)15-22(27)24-20-9-10-21(23-16-20)26-12-6-11-25(13-14-26)17-19-7-4-3-5-8-19/h3-5,7-10,15-16H,6,11-14,17H2,1-2H3,(H,24,27). The molecular weight excluding hydrogens is 336 g/mol. The normalized spacial score (nSPS) is 15.1. The molecule has 1 aromatic heterocycles. The summed E-state index contributed by atoms with van der Waals surface area (Å²) in [6.07, 6.45) is 4.44. The van der Waals surface area contributed by atoms with Crippen LogP contribution in [0.4, 0.5) is 11.5 Å². The lowest BCUT2D eigenvalue weighted by Gasteiger charge is -2.23. The summed E-state index contributed by atoms with van der Waals surface area (Å²) >= 11 is 0. The van der Waals surface area contributed by atoms with E-state index in [1.807, 2.05) is 26.0 Å². The second-order valence-electron chi connectivity index (χ2n) is 7.22. The maximum absolute atomic E-state index is 11.8. The van der Waals surface area contributed by atoms with E-state index in [-0.39, 0.29) is 5.91 Å². The molecule has 142 valence electrons. The first-order valence-corrected chi connectivity index (χ1v) is 9.53. The largest absolute Gasteiger partial charge is 0.355 e. The van der Waals surface area contributed by atoms with Gasteiger partial charge >= 0.3 is 0 Å². The minimum absolute atomic E-state index is 0.115. The predicted octanol–water partition coefficient (Wildman–Crippen LogP) is 3.70. The zero-order valence-electron chi connectivity index (χ0n) is 16.2. The molecule has 0 saturated carbocycles. The summed E-state index contributed by atoms with van der Waals surface area (Å²) in [7, 11) is 0. The number of aromatic nitrogens is 1. The number of benzene rings is 1. The molecule has 1 saturated heterocycles. The van der Waals surface area contributed by atoms with Crippen LogP contribution in [-0.4, -0.2) is 42.0 Å². The van der Waals surface area contributed by atoms with Crippen LogP contribution in [0.2, 0.25) is 0 Å². The van der Waals surface area contributed by atoms with Crippen LogP contribution in [0.15, 0.2) is 60.3 Å². The van der Waals surface area contributed by atoms with Gasteiger partial charge in [-0.1, -0.05) is 35.9 Å². The first kappa shape index (κ1) is 19.1. The minimum Gasteiger partial charge on any atom is -0.355 e. The number of hydrogen-bond donors (Lipinski definition) is 1. The van der Waals surface area contributed by atoms with Crippen molar-refractivity contribution in [2.75, 3.05) is 36.4 Å². The molecule has 0 radical (unpaired) electrons. The molecule has 1 aliphatic rings. The van der Waals surface area contributed by atoms with E-state index in [4.69, 9.17) is 0 Å². The average Bonchev–Trinajstić information content (AvgIpc) is 2.88. The molecular formula is C22H28N4O. The summed E-state index contributed by atoms with van der Waals surface area (Å²) in [4.78, 5) is 21.2. The van der Waals surface area contributed by atoms with Gasteiger partial charge in [0.2, 0.25) is 5.91 Å². The monoisotopic (exact) mass is 364 g/mol. The van der Waals surface area contributed by atoms with Crippen molar-refractivity contribution in [2.24, 2.45) is 0 Å². The highest BCUT2D eigenvalue weighted by atomic mass is 16.1. The van der Waals surface area contributed by atoms with Crippen molar-refractivity contribution in [1.29, 1.82) is 0 Å². The first-order valence-electron chi connectivity index (χ1n) is 9.53. The van der Waals surface area contributed by atoms with Crippen LogP contribution < -0.4 is 10.2 Å². The second kappa shape index (κ2) is 9.33. The van der Waals surface area contributed by atoms with Crippen LogP contribution in [0, 0.1) is 0 Å². The summed E-state index contributed by atoms with van der Waals surface area (Å²) in [5.74, 6) is 0.854. The molecule has 0 aliphatic carbocycles. The number of allylic oxidation sites excluding steroid dienone is 1. The van der Waals surface area contributed by atoms with Gasteiger partial charge in [0, 0.05) is 38.8 Å². The van der Waals surface area contributed by atoms with Gasteiger partial charge in [-0.05, 0) is 38.0 Å². The number of carbonyl (C=O) groups excluding carboxylic acids is 1. The number of anilines is 2. The number of rotatable bonds is 5. The summed E-state index contributed by atoms with van der Waals surface area (Å²) in [6, 6.07) is 14.5. The molecule has 1 amide bonds. The number of nitrogens with zero attached hydrogens (tertiary/aromatic N) is 3. The molecule has 1 N–H and O–H groups in total. The van der Waals surface area contributed by atoms with Crippen LogP contribution in [0.1, 0.15) is 25.8 Å². The quantitative estimate of drug-likeness (QED) is 0.822. The van der Waals surface area contributed by atoms with E-state index in [0.717, 1.165) is 56.2 Å². The molecule has 0 atom stereocenters. The highest BCUT2D eigenvalue weighted by Gasteiger charge is 2.16. The molecule has 3 rings (SSSR count). The molecule has 1 fully saturated rings. The molecule has 0 bridgehead atoms. The molecule has 1 aromatic carbocycles. The fourth-order valence-electron chi connectivity index (χ4n) is 3.29. The van der Waals surface area contributed by atoms with Gasteiger partial charge in [0.1, 0.15) is 5.82 Å². The summed E-state index contributed by atoms with van der Waals surface area (Å²) in [5, 5.41) is 2.85. The lowest BCUT2D eigenvalue weighted by atomic mass is 10.2. The number of nitrogens with one attached hydrogen (secondary N) is 1. The van der Waals surface area contributed by atoms with E-state index in [2.05, 4.69) is 50.4 Å². The number of pyridine rings is 1. The van der Waals surface area contributed by atoms with Gasteiger partial charge in [0.15, 0.2) is 0 Å². The van der Waals surface area contributed by atoms with E-state index in [1.54, 1.807) is 12.3 Å². The first-order chi connectivity index (χ1) is 13.1. The fraction of sp³-hybridized carbons (Fsp3) is 0.364. The predicted molar refractivity (Wildman–Crippen MR) is 111 cm³/mol. The molecule has 2 aromatic rings. The van der Waals surface area contributed by atoms with Crippen molar-refractivity contribution in [3.63, 3.8) is 0 Å². The summed E-state index contributed by atoms with van der Waals surface area (Å²) in [6.45, 7) is 8.89. The van der Waals surface area contributed by atoms with Gasteiger partial charge in [-0.2, -0.15) is 0 Å². The van der Waals surface area contributed by atoms with Gasteiger partial charge in [-0.25, -0.2) is 4.98 Å². The van der Waals surface area contributed by atoms with Gasteiger partial charge in [-0.15, -0.1) is 0 Å². The molecule has 2 heterocycles. The Bertz CT molecular complexity index is 767. The van der Waals surface area contributed by atoms with Gasteiger partial charge in [0.25, 0.3) is 0 Å². The summed E-state index contributed by atoms with van der Waals surface area (Å²) in [5.41, 5.74) is 3.06. The third-order valence-electron chi connectivity index (χ3n) is 4.60. The maximum Gasteiger partial charge on any atom is 0.248 e. The summed E-state index contributed by atoms with van der Waals surface area (Å²) < 4.78 is 0. The Hall–Kier alpha value is -2.66. The Morgan fingerprint density at radius 2 is 1.89 bits per heavy atom. The van der Waals surface area contributed by atoms with Crippen LogP contribution >= 0.6 is 0 Å². The second-order valence-corrected chi connectivity index (χ2v) is 7.22. The Morgan fingerprint density at radius 1 is 1.07 bits per heavy atom. The van der Waals surface area contributed by atoms with Crippen molar-refractivity contribution < 1.29 is 4.79 Å². The molecule has 5 nitrogen and oxygen atoms in total. The SMILES string of the molecule is CC(C)=CC(=O)Nc1ccc(N2CCCN(Cc3ccccc3)CC2)nc1. The molecule has 27 heavy (non-hydrogen) atoms. The zero-order chi connectivity index (χ0) is 19.1. The minimum atomic E-state index is -0.115. The molecule has 0 spiro atoms. The van der Waals surface area contributed by atoms with Crippen LogP contribution in [0.5, 0.6) is 0 Å². The van der Waals surface area contributed by atoms with E-state index < -0.39 is 0 Å². The van der Waals surface area contributed by atoms with Crippen molar-refractivity contribution in [3.8, 4) is 0 Å². The topological polar surface area (TPSA) is 48.5 Å². The lowest BCUT2D eigenvalue weighted by molar-refractivity contribution is -0.111. The van der Waals surface area contributed by atoms with Gasteiger partial charge in [0.05, 0.1) is 11.9 Å². The number of carbonyl (C=O) groups is 1. The third-order valence-corrected chi connectivity index (χ3v) is 4.60. The van der Waals surface area contributed by atoms with E-state index >= 15 is 0 Å². The molecule has 0 unspecified atom stereocenters. The van der Waals surface area contributed by atoms with Crippen molar-refractivity contribution in [1.82, 2.24) is 9.88 Å². The van der Waals surface area contributed by atoms with E-state index in [1.165, 1.54) is 5.56 Å². The molecule has 5 heteroatoms. The average molecular weight is 364 g/mol. The smallest absolute Gasteiger partial charge is 0.248 e. The highest BCUT2D eigenvalue weighted by Crippen LogP contribution is 2.17. The van der Waals surface area contributed by atoms with Crippen molar-refractivity contribution in [3.05, 3.63) is 65.9 Å². The maximum atomic E-state index is 11.8. The van der Waals surface area contributed by atoms with E-state index in [0.29, 0.717) is 0 Å². The van der Waals surface area contributed by atoms with Crippen LogP contribution in [0.3, 0.4) is 0 Å². The van der Waals surface area contributed by atoms with Crippen LogP contribution in [0.25, 0.3) is 0 Å². The third kappa shape index (κ3) is 5.93. The number of hydrogen-bond acceptors (Lipinski definition) is 4. The Kier molecular flexibility index (Phi) is 6.60. The lowest BCUT2D eigenvalue weighted by Crippen LogP contribution is -2.30. The van der Waals surface area contributed by atoms with Gasteiger partial charge in [-0.3, -0.25) is 9.69 Å². The van der Waals surface area contributed by atoms with Crippen molar-refractivity contribution >= 4 is 17.4 Å². The Balaban J connectivity index is 1.55. The van der Waals surface area contributed by atoms with E-state index in [9.17, 15) is 4.79 Å². The Labute approximate surface area is 161 Å². The highest BCUT2D eigenvalue weighted by molar-refractivity contribution is 5.99. The fourth-order valence-corrected chi connectivity index (χ4v) is 3.29. The molecule has 1 aliphatic heterocycles. The zero-order valence-corrected chi connectivity index (χ0v) is 16.2. The van der Waals surface area contributed by atoms with Gasteiger partial charge < -0.3 is 10.2 Å².